The highest BCUT2D eigenvalue weighted by Gasteiger charge is 2.12. The predicted molar refractivity (Wildman–Crippen MR) is 98.3 cm³/mol. The van der Waals surface area contributed by atoms with Gasteiger partial charge in [0.05, 0.1) is 23.3 Å². The van der Waals surface area contributed by atoms with Gasteiger partial charge < -0.3 is 4.90 Å². The third-order valence-corrected chi connectivity index (χ3v) is 4.12. The van der Waals surface area contributed by atoms with Crippen LogP contribution in [-0.4, -0.2) is 0 Å². The number of nitriles is 2. The van der Waals surface area contributed by atoms with Crippen molar-refractivity contribution in [3.05, 3.63) is 88.4 Å². The van der Waals surface area contributed by atoms with E-state index in [2.05, 4.69) is 33.0 Å². The number of nitrogens with zero attached hydrogens (tertiary/aromatic N) is 3. The van der Waals surface area contributed by atoms with E-state index in [0.717, 1.165) is 21.5 Å². The Bertz CT molecular complexity index is 858. The topological polar surface area (TPSA) is 50.8 Å². The summed E-state index contributed by atoms with van der Waals surface area (Å²) in [5.41, 5.74) is 4.12. The van der Waals surface area contributed by atoms with Crippen molar-refractivity contribution in [3.63, 3.8) is 0 Å². The fourth-order valence-electron chi connectivity index (χ4n) is 2.41. The zero-order valence-electron chi connectivity index (χ0n) is 12.6. The van der Waals surface area contributed by atoms with Crippen LogP contribution >= 0.6 is 15.9 Å². The molecule has 0 atom stereocenters. The van der Waals surface area contributed by atoms with Crippen LogP contribution in [0.5, 0.6) is 0 Å². The molecule has 4 heteroatoms. The number of benzene rings is 3. The highest BCUT2D eigenvalue weighted by atomic mass is 79.9. The van der Waals surface area contributed by atoms with Crippen molar-refractivity contribution >= 4 is 33.0 Å². The molecule has 0 spiro atoms. The maximum absolute atomic E-state index is 8.99. The second kappa shape index (κ2) is 7.00. The summed E-state index contributed by atoms with van der Waals surface area (Å²) in [5.74, 6) is 0. The number of hydrogen-bond donors (Lipinski definition) is 0. The van der Waals surface area contributed by atoms with E-state index < -0.39 is 0 Å². The van der Waals surface area contributed by atoms with Gasteiger partial charge in [-0.05, 0) is 72.8 Å². The van der Waals surface area contributed by atoms with Crippen molar-refractivity contribution in [2.75, 3.05) is 4.90 Å². The molecule has 3 nitrogen and oxygen atoms in total. The lowest BCUT2D eigenvalue weighted by Gasteiger charge is -2.25. The molecule has 0 unspecified atom stereocenters. The molecule has 0 aliphatic heterocycles. The van der Waals surface area contributed by atoms with Crippen molar-refractivity contribution in [2.45, 2.75) is 0 Å². The smallest absolute Gasteiger partial charge is 0.0991 e. The normalized spacial score (nSPS) is 9.79. The van der Waals surface area contributed by atoms with Crippen LogP contribution < -0.4 is 4.90 Å². The molecular formula is C20H12BrN3. The molecule has 3 rings (SSSR count). The fraction of sp³-hybridized carbons (Fsp3) is 0. The summed E-state index contributed by atoms with van der Waals surface area (Å²) in [6, 6.07) is 27.1. The van der Waals surface area contributed by atoms with Gasteiger partial charge in [0.15, 0.2) is 0 Å². The third kappa shape index (κ3) is 3.30. The van der Waals surface area contributed by atoms with Crippen LogP contribution in [0.25, 0.3) is 0 Å². The minimum atomic E-state index is 0.620. The lowest BCUT2D eigenvalue weighted by Crippen LogP contribution is -2.09. The zero-order valence-corrected chi connectivity index (χ0v) is 14.2. The molecule has 0 saturated carbocycles. The Kier molecular flexibility index (Phi) is 4.61. The second-order valence-electron chi connectivity index (χ2n) is 5.13. The molecule has 0 aromatic heterocycles. The Morgan fingerprint density at radius 2 is 0.917 bits per heavy atom. The average Bonchev–Trinajstić information content (AvgIpc) is 2.64. The van der Waals surface area contributed by atoms with Crippen LogP contribution in [-0.2, 0) is 0 Å². The molecule has 0 saturated heterocycles. The van der Waals surface area contributed by atoms with Gasteiger partial charge in [0, 0.05) is 21.5 Å². The van der Waals surface area contributed by atoms with Crippen molar-refractivity contribution in [1.29, 1.82) is 10.5 Å². The first kappa shape index (κ1) is 15.8. The van der Waals surface area contributed by atoms with Crippen LogP contribution in [0.1, 0.15) is 11.1 Å². The summed E-state index contributed by atoms with van der Waals surface area (Å²) >= 11 is 3.45. The lowest BCUT2D eigenvalue weighted by molar-refractivity contribution is 1.28. The summed E-state index contributed by atoms with van der Waals surface area (Å²) in [7, 11) is 0. The van der Waals surface area contributed by atoms with Crippen LogP contribution in [0.2, 0.25) is 0 Å². The first-order chi connectivity index (χ1) is 11.7. The maximum atomic E-state index is 8.99. The molecule has 0 heterocycles. The van der Waals surface area contributed by atoms with E-state index in [1.807, 2.05) is 48.5 Å². The minimum Gasteiger partial charge on any atom is -0.311 e. The number of hydrogen-bond acceptors (Lipinski definition) is 3. The summed E-state index contributed by atoms with van der Waals surface area (Å²) < 4.78 is 1.01. The fourth-order valence-corrected chi connectivity index (χ4v) is 2.67. The predicted octanol–water partition coefficient (Wildman–Crippen LogP) is 5.66. The van der Waals surface area contributed by atoms with Gasteiger partial charge in [-0.3, -0.25) is 0 Å². The van der Waals surface area contributed by atoms with E-state index in [4.69, 9.17) is 10.5 Å². The van der Waals surface area contributed by atoms with E-state index in [0.29, 0.717) is 11.1 Å². The highest BCUT2D eigenvalue weighted by molar-refractivity contribution is 9.10. The Labute approximate surface area is 149 Å². The molecule has 0 N–H and O–H groups in total. The lowest BCUT2D eigenvalue weighted by atomic mass is 10.1. The van der Waals surface area contributed by atoms with Gasteiger partial charge >= 0.3 is 0 Å². The molecular weight excluding hydrogens is 362 g/mol. The molecule has 0 fully saturated rings. The monoisotopic (exact) mass is 373 g/mol. The summed E-state index contributed by atoms with van der Waals surface area (Å²) in [6.07, 6.45) is 0. The van der Waals surface area contributed by atoms with Crippen LogP contribution in [0.4, 0.5) is 17.1 Å². The first-order valence-electron chi connectivity index (χ1n) is 7.27. The van der Waals surface area contributed by atoms with Gasteiger partial charge in [-0.25, -0.2) is 0 Å². The van der Waals surface area contributed by atoms with E-state index in [-0.39, 0.29) is 0 Å². The van der Waals surface area contributed by atoms with Gasteiger partial charge in [0.25, 0.3) is 0 Å². The molecule has 0 bridgehead atoms. The Balaban J connectivity index is 2.10. The van der Waals surface area contributed by atoms with Crippen LogP contribution in [0.15, 0.2) is 77.3 Å². The van der Waals surface area contributed by atoms with Crippen molar-refractivity contribution in [2.24, 2.45) is 0 Å². The molecule has 24 heavy (non-hydrogen) atoms. The Hall–Kier alpha value is -3.08. The van der Waals surface area contributed by atoms with Crippen molar-refractivity contribution < 1.29 is 0 Å². The summed E-state index contributed by atoms with van der Waals surface area (Å²) in [4.78, 5) is 2.08. The Morgan fingerprint density at radius 3 is 1.25 bits per heavy atom. The molecule has 0 aliphatic rings. The zero-order chi connectivity index (χ0) is 16.9. The number of halogens is 1. The number of anilines is 3. The van der Waals surface area contributed by atoms with Gasteiger partial charge in [-0.2, -0.15) is 10.5 Å². The van der Waals surface area contributed by atoms with E-state index >= 15 is 0 Å². The largest absolute Gasteiger partial charge is 0.311 e. The maximum Gasteiger partial charge on any atom is 0.0991 e. The summed E-state index contributed by atoms with van der Waals surface area (Å²) in [6.45, 7) is 0. The molecule has 0 radical (unpaired) electrons. The quantitative estimate of drug-likeness (QED) is 0.594. The Morgan fingerprint density at radius 1 is 0.583 bits per heavy atom. The first-order valence-corrected chi connectivity index (χ1v) is 8.06. The molecule has 0 aliphatic carbocycles. The van der Waals surface area contributed by atoms with Gasteiger partial charge in [0.1, 0.15) is 0 Å². The second-order valence-corrected chi connectivity index (χ2v) is 6.04. The molecule has 0 amide bonds. The third-order valence-electron chi connectivity index (χ3n) is 3.59. The van der Waals surface area contributed by atoms with E-state index in [9.17, 15) is 0 Å². The highest BCUT2D eigenvalue weighted by Crippen LogP contribution is 2.35. The standard InChI is InChI=1S/C20H12BrN3/c21-17-5-11-20(12-6-17)24(18-7-1-15(13-22)2-8-18)19-9-3-16(14-23)4-10-19/h1-12H. The van der Waals surface area contributed by atoms with Gasteiger partial charge in [-0.15, -0.1) is 0 Å². The minimum absolute atomic E-state index is 0.620. The van der Waals surface area contributed by atoms with Crippen LogP contribution in [0.3, 0.4) is 0 Å². The van der Waals surface area contributed by atoms with Crippen molar-refractivity contribution in [3.8, 4) is 12.1 Å². The van der Waals surface area contributed by atoms with Gasteiger partial charge in [-0.1, -0.05) is 15.9 Å². The average molecular weight is 374 g/mol. The molecule has 114 valence electrons. The van der Waals surface area contributed by atoms with Crippen molar-refractivity contribution in [1.82, 2.24) is 0 Å². The SMILES string of the molecule is N#Cc1ccc(N(c2ccc(Br)cc2)c2ccc(C#N)cc2)cc1. The molecule has 3 aromatic rings. The number of rotatable bonds is 3. The van der Waals surface area contributed by atoms with Crippen LogP contribution in [0, 0.1) is 22.7 Å². The van der Waals surface area contributed by atoms with E-state index in [1.54, 1.807) is 24.3 Å². The summed E-state index contributed by atoms with van der Waals surface area (Å²) in [5, 5.41) is 18.0. The van der Waals surface area contributed by atoms with E-state index in [1.165, 1.54) is 0 Å². The van der Waals surface area contributed by atoms with Gasteiger partial charge in [0.2, 0.25) is 0 Å². The molecule has 3 aromatic carbocycles.